The Labute approximate surface area is 76.0 Å². The summed E-state index contributed by atoms with van der Waals surface area (Å²) >= 11 is 1.89. The Morgan fingerprint density at radius 3 is 3.08 bits per heavy atom. The van der Waals surface area contributed by atoms with Crippen molar-refractivity contribution in [1.29, 1.82) is 0 Å². The SMILES string of the molecule is C1=CON(C2CSCCO2)C=C1. The lowest BCUT2D eigenvalue weighted by atomic mass is 10.5. The lowest BCUT2D eigenvalue weighted by Gasteiger charge is -2.31. The van der Waals surface area contributed by atoms with Gasteiger partial charge in [-0.3, -0.25) is 0 Å². The van der Waals surface area contributed by atoms with E-state index in [1.54, 1.807) is 11.3 Å². The van der Waals surface area contributed by atoms with Gasteiger partial charge in [-0.1, -0.05) is 0 Å². The van der Waals surface area contributed by atoms with Crippen LogP contribution in [0.2, 0.25) is 0 Å². The molecule has 0 aliphatic carbocycles. The van der Waals surface area contributed by atoms with Crippen LogP contribution >= 0.6 is 11.8 Å². The number of ether oxygens (including phenoxy) is 1. The second-order valence-corrected chi connectivity index (χ2v) is 3.69. The van der Waals surface area contributed by atoms with Crippen LogP contribution in [0.4, 0.5) is 0 Å². The molecular formula is C8H11NO2S. The topological polar surface area (TPSA) is 21.7 Å². The molecule has 1 unspecified atom stereocenters. The second-order valence-electron chi connectivity index (χ2n) is 2.54. The highest BCUT2D eigenvalue weighted by molar-refractivity contribution is 7.99. The Hall–Kier alpha value is -0.610. The van der Waals surface area contributed by atoms with E-state index in [9.17, 15) is 0 Å². The Morgan fingerprint density at radius 1 is 1.42 bits per heavy atom. The number of hydroxylamine groups is 2. The van der Waals surface area contributed by atoms with E-state index in [1.165, 1.54) is 0 Å². The van der Waals surface area contributed by atoms with Crippen molar-refractivity contribution < 1.29 is 9.57 Å². The minimum atomic E-state index is 0.0740. The molecule has 66 valence electrons. The first-order valence-corrected chi connectivity index (χ1v) is 5.10. The Kier molecular flexibility index (Phi) is 2.58. The van der Waals surface area contributed by atoms with Crippen LogP contribution in [-0.2, 0) is 9.57 Å². The molecule has 2 rings (SSSR count). The number of hydrogen-bond donors (Lipinski definition) is 0. The summed E-state index contributed by atoms with van der Waals surface area (Å²) < 4.78 is 5.51. The summed E-state index contributed by atoms with van der Waals surface area (Å²) in [6, 6.07) is 0. The largest absolute Gasteiger partial charge is 0.385 e. The molecule has 12 heavy (non-hydrogen) atoms. The van der Waals surface area contributed by atoms with Gasteiger partial charge in [-0.25, -0.2) is 0 Å². The van der Waals surface area contributed by atoms with E-state index >= 15 is 0 Å². The molecule has 2 aliphatic heterocycles. The van der Waals surface area contributed by atoms with Gasteiger partial charge in [-0.05, 0) is 12.2 Å². The summed E-state index contributed by atoms with van der Waals surface area (Å²) in [6.45, 7) is 0.812. The van der Waals surface area contributed by atoms with Crippen LogP contribution < -0.4 is 0 Å². The highest BCUT2D eigenvalue weighted by atomic mass is 32.2. The van der Waals surface area contributed by atoms with Gasteiger partial charge in [-0.15, -0.1) is 0 Å². The van der Waals surface area contributed by atoms with Crippen LogP contribution in [0.25, 0.3) is 0 Å². The second kappa shape index (κ2) is 3.87. The van der Waals surface area contributed by atoms with Crippen LogP contribution in [0.5, 0.6) is 0 Å². The van der Waals surface area contributed by atoms with Gasteiger partial charge in [0.15, 0.2) is 6.23 Å². The van der Waals surface area contributed by atoms with E-state index < -0.39 is 0 Å². The quantitative estimate of drug-likeness (QED) is 0.614. The third-order valence-electron chi connectivity index (χ3n) is 1.69. The molecule has 0 aromatic carbocycles. The molecule has 2 aliphatic rings. The smallest absolute Gasteiger partial charge is 0.172 e. The van der Waals surface area contributed by atoms with Crippen LogP contribution in [0, 0.1) is 0 Å². The average Bonchev–Trinajstić information content (AvgIpc) is 2.21. The number of thioether (sulfide) groups is 1. The minimum absolute atomic E-state index is 0.0740. The molecule has 0 aromatic heterocycles. The molecule has 0 saturated carbocycles. The normalized spacial score (nSPS) is 28.7. The zero-order valence-electron chi connectivity index (χ0n) is 6.68. The lowest BCUT2D eigenvalue weighted by Crippen LogP contribution is -2.38. The lowest BCUT2D eigenvalue weighted by molar-refractivity contribution is -0.180. The van der Waals surface area contributed by atoms with Crippen LogP contribution in [0.1, 0.15) is 0 Å². The van der Waals surface area contributed by atoms with Gasteiger partial charge in [0.05, 0.1) is 6.61 Å². The average molecular weight is 185 g/mol. The van der Waals surface area contributed by atoms with Gasteiger partial charge < -0.3 is 9.57 Å². The molecule has 0 aromatic rings. The van der Waals surface area contributed by atoms with E-state index in [4.69, 9.17) is 9.57 Å². The number of hydrogen-bond acceptors (Lipinski definition) is 4. The standard InChI is InChI=1S/C8H11NO2S/c1-2-4-11-9(3-1)8-7-12-6-5-10-8/h1-4,8H,5-7H2. The fraction of sp³-hybridized carbons (Fsp3) is 0.500. The summed E-state index contributed by atoms with van der Waals surface area (Å²) in [7, 11) is 0. The monoisotopic (exact) mass is 185 g/mol. The molecule has 1 atom stereocenters. The van der Waals surface area contributed by atoms with Crippen molar-refractivity contribution in [2.75, 3.05) is 18.1 Å². The van der Waals surface area contributed by atoms with Gasteiger partial charge in [0.2, 0.25) is 0 Å². The Morgan fingerprint density at radius 2 is 2.42 bits per heavy atom. The molecule has 0 radical (unpaired) electrons. The van der Waals surface area contributed by atoms with Crippen LogP contribution in [0.15, 0.2) is 24.6 Å². The van der Waals surface area contributed by atoms with Crippen molar-refractivity contribution in [3.05, 3.63) is 24.6 Å². The predicted octanol–water partition coefficient (Wildman–Crippen LogP) is 1.35. The molecule has 0 amide bonds. The van der Waals surface area contributed by atoms with E-state index in [1.807, 2.05) is 30.1 Å². The first-order valence-electron chi connectivity index (χ1n) is 3.94. The van der Waals surface area contributed by atoms with Gasteiger partial charge in [0.1, 0.15) is 6.26 Å². The molecule has 0 N–H and O–H groups in total. The Balaban J connectivity index is 1.90. The van der Waals surface area contributed by atoms with Gasteiger partial charge in [0.25, 0.3) is 0 Å². The van der Waals surface area contributed by atoms with Crippen LogP contribution in [0.3, 0.4) is 0 Å². The van der Waals surface area contributed by atoms with Gasteiger partial charge in [-0.2, -0.15) is 16.8 Å². The summed E-state index contributed by atoms with van der Waals surface area (Å²) in [4.78, 5) is 5.25. The highest BCUT2D eigenvalue weighted by Gasteiger charge is 2.20. The molecule has 0 bridgehead atoms. The Bertz CT molecular complexity index is 199. The summed E-state index contributed by atoms with van der Waals surface area (Å²) in [5, 5.41) is 1.74. The zero-order chi connectivity index (χ0) is 8.23. The van der Waals surface area contributed by atoms with E-state index in [-0.39, 0.29) is 6.23 Å². The van der Waals surface area contributed by atoms with E-state index in [0.29, 0.717) is 0 Å². The molecule has 4 heteroatoms. The van der Waals surface area contributed by atoms with Crippen molar-refractivity contribution >= 4 is 11.8 Å². The predicted molar refractivity (Wildman–Crippen MR) is 48.3 cm³/mol. The van der Waals surface area contributed by atoms with E-state index in [0.717, 1.165) is 18.1 Å². The summed E-state index contributed by atoms with van der Waals surface area (Å²) in [6.07, 6.45) is 7.41. The van der Waals surface area contributed by atoms with Gasteiger partial charge >= 0.3 is 0 Å². The minimum Gasteiger partial charge on any atom is -0.385 e. The van der Waals surface area contributed by atoms with Crippen molar-refractivity contribution in [3.63, 3.8) is 0 Å². The highest BCUT2D eigenvalue weighted by Crippen LogP contribution is 2.17. The third kappa shape index (κ3) is 1.76. The molecular weight excluding hydrogens is 174 g/mol. The summed E-state index contributed by atoms with van der Waals surface area (Å²) in [5.41, 5.74) is 0. The number of allylic oxidation sites excluding steroid dienone is 2. The van der Waals surface area contributed by atoms with Crippen molar-refractivity contribution in [2.24, 2.45) is 0 Å². The van der Waals surface area contributed by atoms with Crippen molar-refractivity contribution in [2.45, 2.75) is 6.23 Å². The molecule has 2 heterocycles. The molecule has 1 fully saturated rings. The zero-order valence-corrected chi connectivity index (χ0v) is 7.50. The molecule has 3 nitrogen and oxygen atoms in total. The summed E-state index contributed by atoms with van der Waals surface area (Å²) in [5.74, 6) is 2.06. The first kappa shape index (κ1) is 8.01. The molecule has 1 saturated heterocycles. The van der Waals surface area contributed by atoms with Crippen molar-refractivity contribution in [1.82, 2.24) is 5.06 Å². The first-order chi connectivity index (χ1) is 5.97. The fourth-order valence-electron chi connectivity index (χ4n) is 1.11. The van der Waals surface area contributed by atoms with Gasteiger partial charge in [0, 0.05) is 17.7 Å². The maximum absolute atomic E-state index is 5.51. The van der Waals surface area contributed by atoms with E-state index in [2.05, 4.69) is 0 Å². The maximum Gasteiger partial charge on any atom is 0.172 e. The maximum atomic E-state index is 5.51. The fourth-order valence-corrected chi connectivity index (χ4v) is 1.93. The third-order valence-corrected chi connectivity index (χ3v) is 2.66. The number of rotatable bonds is 1. The number of nitrogens with zero attached hydrogens (tertiary/aromatic N) is 1. The van der Waals surface area contributed by atoms with Crippen molar-refractivity contribution in [3.8, 4) is 0 Å². The molecule has 0 spiro atoms. The van der Waals surface area contributed by atoms with Crippen LogP contribution in [-0.4, -0.2) is 29.4 Å².